The van der Waals surface area contributed by atoms with Gasteiger partial charge in [0.2, 0.25) is 11.8 Å². The smallest absolute Gasteiger partial charge is 0.258 e. The van der Waals surface area contributed by atoms with Crippen LogP contribution in [0.3, 0.4) is 0 Å². The zero-order chi connectivity index (χ0) is 39.0. The normalized spacial score (nSPS) is 23.0. The molecule has 4 aromatic rings. The lowest BCUT2D eigenvalue weighted by Crippen LogP contribution is -2.52. The van der Waals surface area contributed by atoms with E-state index in [-0.39, 0.29) is 24.2 Å². The second-order valence-electron chi connectivity index (χ2n) is 16.6. The van der Waals surface area contributed by atoms with E-state index in [9.17, 15) is 19.5 Å². The van der Waals surface area contributed by atoms with E-state index in [1.54, 1.807) is 12.0 Å². The number of benzene rings is 4. The van der Waals surface area contributed by atoms with E-state index in [0.717, 1.165) is 75.8 Å². The SMILES string of the molecule is COc1cc(N2CCN(CCC3CCN(c4ccc([C@H]5c6ccc(O)cc6CC[C@H]5c5ccccc5)cc4)CC3)CC2)cc2c1C(=O)N(C1CCC(=O)NC1=O)C2. The van der Waals surface area contributed by atoms with Crippen LogP contribution in [0.15, 0.2) is 84.9 Å². The van der Waals surface area contributed by atoms with Gasteiger partial charge in [-0.25, -0.2) is 0 Å². The van der Waals surface area contributed by atoms with Gasteiger partial charge in [0.25, 0.3) is 5.91 Å². The minimum Gasteiger partial charge on any atom is -0.508 e. The van der Waals surface area contributed by atoms with Crippen LogP contribution in [0.4, 0.5) is 11.4 Å². The largest absolute Gasteiger partial charge is 0.508 e. The number of nitrogens with one attached hydrogen (secondary N) is 1. The average molecular weight is 768 g/mol. The molecule has 4 aliphatic heterocycles. The van der Waals surface area contributed by atoms with Gasteiger partial charge >= 0.3 is 0 Å². The first-order valence-corrected chi connectivity index (χ1v) is 20.9. The standard InChI is InChI=1S/C47H53N5O5/c1-57-42-29-37(27-35-30-52(47(56)45(35)42)41-15-16-43(54)48-46(41)55)51-25-23-49(24-26-51)20-17-31-18-21-50(22-19-31)36-10-7-33(8-11-36)44-39(32-5-3-2-4-6-32)13-9-34-28-38(53)12-14-40(34)44/h2-8,10-12,14,27-29,31,39,41,44,53H,9,13,15-26,30H2,1H3,(H,48,54,55)/t39-,41?,44+/m0/s1. The molecule has 9 rings (SSSR count). The number of nitrogens with zero attached hydrogens (tertiary/aromatic N) is 4. The summed E-state index contributed by atoms with van der Waals surface area (Å²) < 4.78 is 5.72. The number of piperazine rings is 1. The van der Waals surface area contributed by atoms with Gasteiger partial charge in [-0.1, -0.05) is 48.5 Å². The number of phenolic OH excluding ortho intramolecular Hbond substituents is 1. The molecule has 1 aliphatic carbocycles. The summed E-state index contributed by atoms with van der Waals surface area (Å²) >= 11 is 0. The molecule has 3 amide bonds. The Morgan fingerprint density at radius 2 is 1.49 bits per heavy atom. The molecule has 4 aromatic carbocycles. The van der Waals surface area contributed by atoms with Crippen molar-refractivity contribution in [3.8, 4) is 11.5 Å². The van der Waals surface area contributed by atoms with Crippen LogP contribution in [-0.4, -0.2) is 91.6 Å². The molecule has 0 spiro atoms. The molecule has 0 saturated carbocycles. The summed E-state index contributed by atoms with van der Waals surface area (Å²) in [5, 5.41) is 12.6. The minimum absolute atomic E-state index is 0.210. The molecule has 3 fully saturated rings. The maximum absolute atomic E-state index is 13.4. The van der Waals surface area contributed by atoms with Crippen LogP contribution in [0.2, 0.25) is 0 Å². The monoisotopic (exact) mass is 767 g/mol. The Morgan fingerprint density at radius 3 is 2.23 bits per heavy atom. The predicted molar refractivity (Wildman–Crippen MR) is 221 cm³/mol. The van der Waals surface area contributed by atoms with Crippen LogP contribution in [0.25, 0.3) is 0 Å². The van der Waals surface area contributed by atoms with Crippen molar-refractivity contribution in [2.45, 2.75) is 69.4 Å². The molecule has 5 aliphatic rings. The third kappa shape index (κ3) is 7.47. The van der Waals surface area contributed by atoms with E-state index >= 15 is 0 Å². The first kappa shape index (κ1) is 37.2. The zero-order valence-electron chi connectivity index (χ0n) is 32.9. The molecule has 2 N–H and O–H groups in total. The summed E-state index contributed by atoms with van der Waals surface area (Å²) in [6, 6.07) is 29.6. The zero-order valence-corrected chi connectivity index (χ0v) is 32.9. The van der Waals surface area contributed by atoms with Crippen molar-refractivity contribution in [3.05, 3.63) is 118 Å². The van der Waals surface area contributed by atoms with Crippen LogP contribution in [0, 0.1) is 5.92 Å². The van der Waals surface area contributed by atoms with Gasteiger partial charge in [0.15, 0.2) is 0 Å². The summed E-state index contributed by atoms with van der Waals surface area (Å²) in [6.45, 7) is 7.41. The van der Waals surface area contributed by atoms with Gasteiger partial charge < -0.3 is 24.5 Å². The number of aromatic hydroxyl groups is 1. The van der Waals surface area contributed by atoms with Crippen LogP contribution in [0.5, 0.6) is 11.5 Å². The maximum Gasteiger partial charge on any atom is 0.258 e. The number of hydrogen-bond donors (Lipinski definition) is 2. The molecule has 0 bridgehead atoms. The molecule has 57 heavy (non-hydrogen) atoms. The number of imide groups is 1. The molecule has 3 atom stereocenters. The lowest BCUT2D eigenvalue weighted by Gasteiger charge is -2.38. The van der Waals surface area contributed by atoms with E-state index in [2.05, 4.69) is 86.7 Å². The predicted octanol–water partition coefficient (Wildman–Crippen LogP) is 6.45. The third-order valence-corrected chi connectivity index (χ3v) is 13.4. The number of anilines is 2. The molecule has 4 heterocycles. The molecule has 10 nitrogen and oxygen atoms in total. The van der Waals surface area contributed by atoms with Crippen molar-refractivity contribution in [3.63, 3.8) is 0 Å². The van der Waals surface area contributed by atoms with Crippen molar-refractivity contribution in [2.24, 2.45) is 5.92 Å². The van der Waals surface area contributed by atoms with E-state index < -0.39 is 11.9 Å². The summed E-state index contributed by atoms with van der Waals surface area (Å²) in [7, 11) is 1.59. The number of methoxy groups -OCH3 is 1. The molecule has 1 unspecified atom stereocenters. The third-order valence-electron chi connectivity index (χ3n) is 13.4. The second kappa shape index (κ2) is 15.9. The molecular formula is C47H53N5O5. The van der Waals surface area contributed by atoms with Gasteiger partial charge in [0, 0.05) is 75.6 Å². The Kier molecular flexibility index (Phi) is 10.4. The highest BCUT2D eigenvalue weighted by Gasteiger charge is 2.41. The van der Waals surface area contributed by atoms with Crippen LogP contribution in [-0.2, 0) is 22.6 Å². The van der Waals surface area contributed by atoms with Gasteiger partial charge in [-0.3, -0.25) is 24.6 Å². The summed E-state index contributed by atoms with van der Waals surface area (Å²) in [5.74, 6) is 1.39. The Balaban J connectivity index is 0.771. The maximum atomic E-state index is 13.4. The number of phenols is 1. The summed E-state index contributed by atoms with van der Waals surface area (Å²) in [4.78, 5) is 46.8. The van der Waals surface area contributed by atoms with Crippen molar-refractivity contribution < 1.29 is 24.2 Å². The number of rotatable bonds is 9. The van der Waals surface area contributed by atoms with E-state index in [1.165, 1.54) is 47.2 Å². The highest BCUT2D eigenvalue weighted by Crippen LogP contribution is 2.47. The number of hydrogen-bond acceptors (Lipinski definition) is 8. The first-order valence-electron chi connectivity index (χ1n) is 20.9. The van der Waals surface area contributed by atoms with Crippen molar-refractivity contribution >= 4 is 29.1 Å². The Labute approximate surface area is 335 Å². The van der Waals surface area contributed by atoms with Gasteiger partial charge in [-0.05, 0) is 115 Å². The fourth-order valence-electron chi connectivity index (χ4n) is 10.2. The van der Waals surface area contributed by atoms with Crippen molar-refractivity contribution in [1.29, 1.82) is 0 Å². The number of carbonyl (C=O) groups excluding carboxylic acids is 3. The number of amides is 3. The molecule has 296 valence electrons. The average Bonchev–Trinajstić information content (AvgIpc) is 3.58. The molecule has 10 heteroatoms. The van der Waals surface area contributed by atoms with Gasteiger partial charge in [0.1, 0.15) is 17.5 Å². The number of carbonyl (C=O) groups is 3. The van der Waals surface area contributed by atoms with Crippen LogP contribution < -0.4 is 19.9 Å². The number of piperidine rings is 2. The molecule has 3 saturated heterocycles. The van der Waals surface area contributed by atoms with Crippen molar-refractivity contribution in [2.75, 3.05) is 62.7 Å². The fourth-order valence-corrected chi connectivity index (χ4v) is 10.2. The lowest BCUT2D eigenvalue weighted by atomic mass is 9.69. The Bertz CT molecular complexity index is 2120. The fraction of sp³-hybridized carbons (Fsp3) is 0.426. The number of fused-ring (bicyclic) bond motifs is 2. The number of ether oxygens (including phenoxy) is 1. The summed E-state index contributed by atoms with van der Waals surface area (Å²) in [5.41, 5.74) is 9.08. The topological polar surface area (TPSA) is 106 Å². The highest BCUT2D eigenvalue weighted by atomic mass is 16.5. The lowest BCUT2D eigenvalue weighted by molar-refractivity contribution is -0.136. The summed E-state index contributed by atoms with van der Waals surface area (Å²) in [6.07, 6.45) is 6.26. The Morgan fingerprint density at radius 1 is 0.737 bits per heavy atom. The highest BCUT2D eigenvalue weighted by molar-refractivity contribution is 6.06. The van der Waals surface area contributed by atoms with Crippen LogP contribution >= 0.6 is 0 Å². The Hall–Kier alpha value is -5.35. The number of aryl methyl sites for hydroxylation is 1. The quantitative estimate of drug-likeness (QED) is 0.187. The molecular weight excluding hydrogens is 715 g/mol. The van der Waals surface area contributed by atoms with Gasteiger partial charge in [-0.15, -0.1) is 0 Å². The molecule has 0 radical (unpaired) electrons. The molecule has 0 aromatic heterocycles. The second-order valence-corrected chi connectivity index (χ2v) is 16.6. The van der Waals surface area contributed by atoms with E-state index in [4.69, 9.17) is 4.74 Å². The van der Waals surface area contributed by atoms with Crippen molar-refractivity contribution in [1.82, 2.24) is 15.1 Å². The van der Waals surface area contributed by atoms with E-state index in [0.29, 0.717) is 35.9 Å². The minimum atomic E-state index is -0.643. The van der Waals surface area contributed by atoms with Gasteiger partial charge in [-0.2, -0.15) is 0 Å². The van der Waals surface area contributed by atoms with Crippen LogP contribution in [0.1, 0.15) is 88.5 Å². The van der Waals surface area contributed by atoms with E-state index in [1.807, 2.05) is 18.2 Å². The van der Waals surface area contributed by atoms with Gasteiger partial charge in [0.05, 0.1) is 12.7 Å². The first-order chi connectivity index (χ1) is 27.8.